The van der Waals surface area contributed by atoms with Gasteiger partial charge in [-0.15, -0.1) is 0 Å². The van der Waals surface area contributed by atoms with Gasteiger partial charge >= 0.3 is 5.97 Å². The Hall–Kier alpha value is -1.14. The normalized spacial score (nSPS) is 23.2. The second kappa shape index (κ2) is 6.86. The van der Waals surface area contributed by atoms with E-state index in [0.29, 0.717) is 19.4 Å². The summed E-state index contributed by atoms with van der Waals surface area (Å²) >= 11 is 0. The molecule has 1 saturated heterocycles. The first-order valence-electron chi connectivity index (χ1n) is 6.62. The van der Waals surface area contributed by atoms with E-state index in [2.05, 4.69) is 10.1 Å². The van der Waals surface area contributed by atoms with Gasteiger partial charge in [0.1, 0.15) is 6.10 Å². The molecule has 1 aliphatic rings. The topological polar surface area (TPSA) is 90.7 Å². The average Bonchev–Trinajstić information content (AvgIpc) is 2.84. The summed E-state index contributed by atoms with van der Waals surface area (Å²) in [6, 6.07) is 0. The molecule has 0 aromatic carbocycles. The summed E-state index contributed by atoms with van der Waals surface area (Å²) in [7, 11) is 1.35. The van der Waals surface area contributed by atoms with Gasteiger partial charge in [-0.05, 0) is 33.1 Å². The lowest BCUT2D eigenvalue weighted by atomic mass is 9.98. The van der Waals surface area contributed by atoms with Crippen LogP contribution in [0.25, 0.3) is 0 Å². The van der Waals surface area contributed by atoms with Gasteiger partial charge in [-0.2, -0.15) is 0 Å². The maximum Gasteiger partial charge on any atom is 0.305 e. The quantitative estimate of drug-likeness (QED) is 0.680. The van der Waals surface area contributed by atoms with Gasteiger partial charge in [-0.25, -0.2) is 0 Å². The second-order valence-electron chi connectivity index (χ2n) is 5.51. The van der Waals surface area contributed by atoms with Crippen molar-refractivity contribution in [3.05, 3.63) is 0 Å². The zero-order valence-corrected chi connectivity index (χ0v) is 11.9. The minimum absolute atomic E-state index is 0.0195. The molecule has 0 bridgehead atoms. The number of methoxy groups -OCH3 is 1. The molecule has 1 heterocycles. The minimum atomic E-state index is -0.463. The zero-order chi connectivity index (χ0) is 14.5. The third-order valence-corrected chi connectivity index (χ3v) is 3.31. The van der Waals surface area contributed by atoms with Crippen molar-refractivity contribution in [1.29, 1.82) is 0 Å². The molecule has 6 nitrogen and oxygen atoms in total. The van der Waals surface area contributed by atoms with Crippen molar-refractivity contribution in [2.75, 3.05) is 13.7 Å². The SMILES string of the molecule is COC(=O)CCC(C)(C)NC(=O)[C@@H]1CC[C@H](CN)O1. The Bertz CT molecular complexity index is 331. The molecule has 19 heavy (non-hydrogen) atoms. The van der Waals surface area contributed by atoms with Crippen LogP contribution in [0.5, 0.6) is 0 Å². The van der Waals surface area contributed by atoms with Crippen LogP contribution in [0.3, 0.4) is 0 Å². The predicted octanol–water partition coefficient (Wildman–Crippen LogP) is 0.341. The first-order chi connectivity index (χ1) is 8.88. The molecule has 1 amide bonds. The Labute approximate surface area is 114 Å². The number of rotatable bonds is 6. The van der Waals surface area contributed by atoms with Crippen LogP contribution >= 0.6 is 0 Å². The van der Waals surface area contributed by atoms with E-state index < -0.39 is 11.6 Å². The first kappa shape index (κ1) is 15.9. The lowest BCUT2D eigenvalue weighted by Gasteiger charge is -2.27. The van der Waals surface area contributed by atoms with Gasteiger partial charge in [0.25, 0.3) is 0 Å². The van der Waals surface area contributed by atoms with E-state index in [9.17, 15) is 9.59 Å². The molecule has 0 aromatic rings. The Morgan fingerprint density at radius 3 is 2.63 bits per heavy atom. The number of nitrogens with two attached hydrogens (primary N) is 1. The van der Waals surface area contributed by atoms with Crippen LogP contribution in [0.1, 0.15) is 39.5 Å². The lowest BCUT2D eigenvalue weighted by molar-refractivity contribution is -0.141. The highest BCUT2D eigenvalue weighted by molar-refractivity contribution is 5.81. The van der Waals surface area contributed by atoms with Gasteiger partial charge in [0.15, 0.2) is 0 Å². The molecule has 0 unspecified atom stereocenters. The number of carbonyl (C=O) groups is 2. The van der Waals surface area contributed by atoms with E-state index in [-0.39, 0.29) is 24.4 Å². The Morgan fingerprint density at radius 1 is 1.42 bits per heavy atom. The minimum Gasteiger partial charge on any atom is -0.469 e. The fourth-order valence-electron chi connectivity index (χ4n) is 2.07. The number of hydrogen-bond donors (Lipinski definition) is 2. The zero-order valence-electron chi connectivity index (χ0n) is 11.9. The summed E-state index contributed by atoms with van der Waals surface area (Å²) in [5.41, 5.74) is 5.05. The van der Waals surface area contributed by atoms with E-state index in [1.54, 1.807) is 0 Å². The van der Waals surface area contributed by atoms with Gasteiger partial charge in [0.05, 0.1) is 13.2 Å². The van der Waals surface area contributed by atoms with E-state index >= 15 is 0 Å². The molecule has 1 fully saturated rings. The fraction of sp³-hybridized carbons (Fsp3) is 0.846. The molecule has 2 atom stereocenters. The van der Waals surface area contributed by atoms with Gasteiger partial charge in [0.2, 0.25) is 5.91 Å². The summed E-state index contributed by atoms with van der Waals surface area (Å²) in [4.78, 5) is 23.2. The van der Waals surface area contributed by atoms with Gasteiger partial charge in [0, 0.05) is 18.5 Å². The standard InChI is InChI=1S/C13H24N2O4/c1-13(2,7-6-11(16)18-3)15-12(17)10-5-4-9(8-14)19-10/h9-10H,4-8,14H2,1-3H3,(H,15,17)/t9-,10+/m1/s1. The number of nitrogens with one attached hydrogen (secondary N) is 1. The van der Waals surface area contributed by atoms with Crippen LogP contribution in [-0.4, -0.2) is 43.3 Å². The van der Waals surface area contributed by atoms with Gasteiger partial charge in [-0.1, -0.05) is 0 Å². The number of amides is 1. The fourth-order valence-corrected chi connectivity index (χ4v) is 2.07. The number of esters is 1. The molecular weight excluding hydrogens is 248 g/mol. The van der Waals surface area contributed by atoms with Gasteiger partial charge < -0.3 is 20.5 Å². The van der Waals surface area contributed by atoms with Crippen molar-refractivity contribution >= 4 is 11.9 Å². The van der Waals surface area contributed by atoms with E-state index in [1.807, 2.05) is 13.8 Å². The summed E-state index contributed by atoms with van der Waals surface area (Å²) in [6.45, 7) is 4.20. The summed E-state index contributed by atoms with van der Waals surface area (Å²) in [5, 5.41) is 2.91. The van der Waals surface area contributed by atoms with Crippen LogP contribution in [-0.2, 0) is 19.1 Å². The molecular formula is C13H24N2O4. The van der Waals surface area contributed by atoms with Crippen LogP contribution in [0, 0.1) is 0 Å². The molecule has 0 aliphatic carbocycles. The van der Waals surface area contributed by atoms with Gasteiger partial charge in [-0.3, -0.25) is 9.59 Å². The number of ether oxygens (including phenoxy) is 2. The second-order valence-corrected chi connectivity index (χ2v) is 5.51. The molecule has 0 radical (unpaired) electrons. The predicted molar refractivity (Wildman–Crippen MR) is 70.4 cm³/mol. The van der Waals surface area contributed by atoms with Crippen molar-refractivity contribution in [1.82, 2.24) is 5.32 Å². The third-order valence-electron chi connectivity index (χ3n) is 3.31. The maximum absolute atomic E-state index is 12.0. The molecule has 1 rings (SSSR count). The number of carbonyl (C=O) groups excluding carboxylic acids is 2. The van der Waals surface area contributed by atoms with Crippen LogP contribution < -0.4 is 11.1 Å². The number of hydrogen-bond acceptors (Lipinski definition) is 5. The highest BCUT2D eigenvalue weighted by Crippen LogP contribution is 2.20. The van der Waals surface area contributed by atoms with Crippen molar-refractivity contribution in [3.8, 4) is 0 Å². The largest absolute Gasteiger partial charge is 0.469 e. The summed E-state index contributed by atoms with van der Waals surface area (Å²) in [5.74, 6) is -0.409. The molecule has 3 N–H and O–H groups in total. The lowest BCUT2D eigenvalue weighted by Crippen LogP contribution is -2.48. The Balaban J connectivity index is 2.40. The Kier molecular flexibility index (Phi) is 5.75. The molecule has 0 spiro atoms. The van der Waals surface area contributed by atoms with Crippen LogP contribution in [0.15, 0.2) is 0 Å². The highest BCUT2D eigenvalue weighted by atomic mass is 16.5. The highest BCUT2D eigenvalue weighted by Gasteiger charge is 2.32. The van der Waals surface area contributed by atoms with E-state index in [1.165, 1.54) is 7.11 Å². The summed E-state index contributed by atoms with van der Waals surface area (Å²) in [6.07, 6.45) is 1.87. The average molecular weight is 272 g/mol. The monoisotopic (exact) mass is 272 g/mol. The van der Waals surface area contributed by atoms with Crippen LogP contribution in [0.4, 0.5) is 0 Å². The van der Waals surface area contributed by atoms with Crippen molar-refractivity contribution in [2.45, 2.75) is 57.3 Å². The smallest absolute Gasteiger partial charge is 0.305 e. The maximum atomic E-state index is 12.0. The molecule has 6 heteroatoms. The summed E-state index contributed by atoms with van der Waals surface area (Å²) < 4.78 is 10.1. The third kappa shape index (κ3) is 5.16. The first-order valence-corrected chi connectivity index (χ1v) is 6.62. The molecule has 0 saturated carbocycles. The van der Waals surface area contributed by atoms with Crippen LogP contribution in [0.2, 0.25) is 0 Å². The van der Waals surface area contributed by atoms with Crippen molar-refractivity contribution in [3.63, 3.8) is 0 Å². The molecule has 110 valence electrons. The molecule has 1 aliphatic heterocycles. The Morgan fingerprint density at radius 2 is 2.11 bits per heavy atom. The van der Waals surface area contributed by atoms with E-state index in [4.69, 9.17) is 10.5 Å². The van der Waals surface area contributed by atoms with Crippen molar-refractivity contribution < 1.29 is 19.1 Å². The van der Waals surface area contributed by atoms with E-state index in [0.717, 1.165) is 6.42 Å². The molecule has 0 aromatic heterocycles. The van der Waals surface area contributed by atoms with Crippen molar-refractivity contribution in [2.24, 2.45) is 5.73 Å².